The third kappa shape index (κ3) is 2.05. The first-order valence-electron chi connectivity index (χ1n) is 7.22. The third-order valence-corrected chi connectivity index (χ3v) is 5.22. The third-order valence-electron chi connectivity index (χ3n) is 5.22. The molecule has 20 heavy (non-hydrogen) atoms. The second kappa shape index (κ2) is 4.59. The van der Waals surface area contributed by atoms with E-state index >= 15 is 0 Å². The lowest BCUT2D eigenvalue weighted by Crippen LogP contribution is -2.76. The van der Waals surface area contributed by atoms with Crippen LogP contribution in [-0.2, 0) is 0 Å². The van der Waals surface area contributed by atoms with E-state index in [1.165, 1.54) is 0 Å². The Bertz CT molecular complexity index is 530. The second-order valence-corrected chi connectivity index (χ2v) is 7.27. The molecule has 1 amide bonds. The summed E-state index contributed by atoms with van der Waals surface area (Å²) in [5, 5.41) is 3.19. The summed E-state index contributed by atoms with van der Waals surface area (Å²) in [7, 11) is 0. The molecule has 0 radical (unpaired) electrons. The molecule has 110 valence electrons. The van der Waals surface area contributed by atoms with Crippen molar-refractivity contribution in [1.29, 1.82) is 0 Å². The zero-order chi connectivity index (χ0) is 15.3. The summed E-state index contributed by atoms with van der Waals surface area (Å²) in [6.07, 6.45) is 0. The zero-order valence-corrected chi connectivity index (χ0v) is 13.4. The van der Waals surface area contributed by atoms with Gasteiger partial charge in [-0.15, -0.1) is 0 Å². The number of nitrogens with two attached hydrogens (primary N) is 1. The summed E-state index contributed by atoms with van der Waals surface area (Å²) in [5.74, 6) is 0.00394. The molecule has 0 unspecified atom stereocenters. The fraction of sp³-hybridized carbons (Fsp3) is 0.588. The highest BCUT2D eigenvalue weighted by atomic mass is 16.1. The average molecular weight is 274 g/mol. The first-order valence-corrected chi connectivity index (χ1v) is 7.22. The lowest BCUT2D eigenvalue weighted by Gasteiger charge is -2.62. The van der Waals surface area contributed by atoms with Crippen molar-refractivity contribution in [2.75, 3.05) is 0 Å². The maximum atomic E-state index is 12.6. The summed E-state index contributed by atoms with van der Waals surface area (Å²) in [5.41, 5.74) is 9.04. The largest absolute Gasteiger partial charge is 0.348 e. The predicted molar refractivity (Wildman–Crippen MR) is 82.7 cm³/mol. The smallest absolute Gasteiger partial charge is 0.251 e. The molecule has 2 rings (SSSR count). The van der Waals surface area contributed by atoms with E-state index in [-0.39, 0.29) is 28.8 Å². The van der Waals surface area contributed by atoms with E-state index in [1.807, 2.05) is 32.0 Å². The van der Waals surface area contributed by atoms with Gasteiger partial charge in [-0.05, 0) is 31.0 Å². The number of nitrogens with one attached hydrogen (secondary N) is 1. The van der Waals surface area contributed by atoms with Gasteiger partial charge in [-0.3, -0.25) is 4.79 Å². The molecule has 0 aliphatic heterocycles. The van der Waals surface area contributed by atoms with Gasteiger partial charge in [0.2, 0.25) is 0 Å². The van der Waals surface area contributed by atoms with E-state index < -0.39 is 0 Å². The molecule has 3 N–H and O–H groups in total. The highest BCUT2D eigenvalue weighted by Crippen LogP contribution is 2.52. The zero-order valence-electron chi connectivity index (χ0n) is 13.4. The van der Waals surface area contributed by atoms with Gasteiger partial charge < -0.3 is 11.1 Å². The topological polar surface area (TPSA) is 55.1 Å². The van der Waals surface area contributed by atoms with Gasteiger partial charge in [-0.1, -0.05) is 39.8 Å². The Hall–Kier alpha value is -1.35. The van der Waals surface area contributed by atoms with Crippen LogP contribution in [0.2, 0.25) is 0 Å². The summed E-state index contributed by atoms with van der Waals surface area (Å²) in [6, 6.07) is 6.03. The van der Waals surface area contributed by atoms with Crippen LogP contribution in [0, 0.1) is 24.7 Å². The van der Waals surface area contributed by atoms with Crippen LogP contribution >= 0.6 is 0 Å². The maximum Gasteiger partial charge on any atom is 0.251 e. The summed E-state index contributed by atoms with van der Waals surface area (Å²) in [6.45, 7) is 12.5. The van der Waals surface area contributed by atoms with Gasteiger partial charge in [0.15, 0.2) is 0 Å². The standard InChI is InChI=1S/C17H26N2O/c1-10-8-7-9-12(11(10)2)13(20)19-15-16(3,4)14(18)17(15,5)6/h7-9,14-15H,18H2,1-6H3,(H,19,20). The number of carbonyl (C=O) groups is 1. The molecule has 0 saturated heterocycles. The fourth-order valence-electron chi connectivity index (χ4n) is 3.76. The normalized spacial score (nSPS) is 26.8. The molecule has 0 heterocycles. The number of carbonyl (C=O) groups excluding carboxylic acids is 1. The van der Waals surface area contributed by atoms with Gasteiger partial charge in [0, 0.05) is 28.5 Å². The molecule has 3 heteroatoms. The van der Waals surface area contributed by atoms with E-state index in [2.05, 4.69) is 33.0 Å². The van der Waals surface area contributed by atoms with Crippen molar-refractivity contribution in [3.8, 4) is 0 Å². The lowest BCUT2D eigenvalue weighted by molar-refractivity contribution is -0.0663. The second-order valence-electron chi connectivity index (χ2n) is 7.27. The molecule has 1 saturated carbocycles. The molecular formula is C17H26N2O. The molecule has 0 bridgehead atoms. The number of rotatable bonds is 2. The molecule has 1 aromatic rings. The van der Waals surface area contributed by atoms with Crippen LogP contribution < -0.4 is 11.1 Å². The van der Waals surface area contributed by atoms with Crippen molar-refractivity contribution in [3.63, 3.8) is 0 Å². The van der Waals surface area contributed by atoms with Crippen LogP contribution in [0.4, 0.5) is 0 Å². The Morgan fingerprint density at radius 1 is 1.15 bits per heavy atom. The van der Waals surface area contributed by atoms with Crippen molar-refractivity contribution in [2.45, 2.75) is 53.6 Å². The first-order chi connectivity index (χ1) is 9.10. The van der Waals surface area contributed by atoms with Gasteiger partial charge in [0.25, 0.3) is 5.91 Å². The van der Waals surface area contributed by atoms with Crippen molar-refractivity contribution >= 4 is 5.91 Å². The van der Waals surface area contributed by atoms with E-state index in [1.54, 1.807) is 0 Å². The van der Waals surface area contributed by atoms with Crippen molar-refractivity contribution in [3.05, 3.63) is 34.9 Å². The molecule has 0 atom stereocenters. The van der Waals surface area contributed by atoms with E-state index in [0.29, 0.717) is 0 Å². The number of aryl methyl sites for hydroxylation is 1. The first kappa shape index (κ1) is 15.0. The van der Waals surface area contributed by atoms with Gasteiger partial charge in [-0.2, -0.15) is 0 Å². The number of benzene rings is 1. The molecule has 0 aromatic heterocycles. The van der Waals surface area contributed by atoms with Crippen LogP contribution in [0.3, 0.4) is 0 Å². The Labute approximate surface area is 121 Å². The SMILES string of the molecule is Cc1cccc(C(=O)NC2C(C)(C)C(N)C2(C)C)c1C. The van der Waals surface area contributed by atoms with Crippen molar-refractivity contribution in [1.82, 2.24) is 5.32 Å². The number of amides is 1. The molecule has 1 aliphatic carbocycles. The Balaban J connectivity index is 2.23. The molecule has 3 nitrogen and oxygen atoms in total. The minimum atomic E-state index is -0.0725. The molecule has 1 fully saturated rings. The van der Waals surface area contributed by atoms with Crippen molar-refractivity contribution in [2.24, 2.45) is 16.6 Å². The maximum absolute atomic E-state index is 12.6. The Kier molecular flexibility index (Phi) is 3.45. The van der Waals surface area contributed by atoms with Gasteiger partial charge in [0.1, 0.15) is 0 Å². The van der Waals surface area contributed by atoms with E-state index in [0.717, 1.165) is 16.7 Å². The average Bonchev–Trinajstić information content (AvgIpc) is 2.37. The highest BCUT2D eigenvalue weighted by molar-refractivity contribution is 5.96. The van der Waals surface area contributed by atoms with Gasteiger partial charge in [0.05, 0.1) is 0 Å². The molecule has 1 aliphatic rings. The van der Waals surface area contributed by atoms with Crippen LogP contribution in [0.1, 0.15) is 49.2 Å². The summed E-state index contributed by atoms with van der Waals surface area (Å²) < 4.78 is 0. The van der Waals surface area contributed by atoms with E-state index in [9.17, 15) is 4.79 Å². The van der Waals surface area contributed by atoms with Gasteiger partial charge in [-0.25, -0.2) is 0 Å². The Morgan fingerprint density at radius 2 is 1.70 bits per heavy atom. The van der Waals surface area contributed by atoms with Crippen LogP contribution in [0.25, 0.3) is 0 Å². The number of hydrogen-bond donors (Lipinski definition) is 2. The molecule has 1 aromatic carbocycles. The monoisotopic (exact) mass is 274 g/mol. The van der Waals surface area contributed by atoms with E-state index in [4.69, 9.17) is 5.73 Å². The summed E-state index contributed by atoms with van der Waals surface area (Å²) >= 11 is 0. The van der Waals surface area contributed by atoms with Crippen LogP contribution in [-0.4, -0.2) is 18.0 Å². The minimum absolute atomic E-state index is 0.00394. The quantitative estimate of drug-likeness (QED) is 0.871. The molecular weight excluding hydrogens is 248 g/mol. The minimum Gasteiger partial charge on any atom is -0.348 e. The number of hydrogen-bond acceptors (Lipinski definition) is 2. The lowest BCUT2D eigenvalue weighted by atomic mass is 9.48. The fourth-order valence-corrected chi connectivity index (χ4v) is 3.76. The van der Waals surface area contributed by atoms with Crippen LogP contribution in [0.5, 0.6) is 0 Å². The van der Waals surface area contributed by atoms with Gasteiger partial charge >= 0.3 is 0 Å². The summed E-state index contributed by atoms with van der Waals surface area (Å²) in [4.78, 5) is 12.6. The molecule has 0 spiro atoms. The van der Waals surface area contributed by atoms with Crippen LogP contribution in [0.15, 0.2) is 18.2 Å². The predicted octanol–water partition coefficient (Wildman–Crippen LogP) is 2.80. The van der Waals surface area contributed by atoms with Crippen molar-refractivity contribution < 1.29 is 4.79 Å². The Morgan fingerprint density at radius 3 is 2.25 bits per heavy atom. The highest BCUT2D eigenvalue weighted by Gasteiger charge is 2.60.